The zero-order chi connectivity index (χ0) is 14.9. The highest BCUT2D eigenvalue weighted by atomic mass is 19.1. The normalized spacial score (nSPS) is 15.7. The lowest BCUT2D eigenvalue weighted by Gasteiger charge is -2.19. The third-order valence-corrected chi connectivity index (χ3v) is 4.41. The van der Waals surface area contributed by atoms with Gasteiger partial charge >= 0.3 is 0 Å². The largest absolute Gasteiger partial charge is 0.293 e. The van der Waals surface area contributed by atoms with Crippen molar-refractivity contribution < 1.29 is 4.39 Å². The van der Waals surface area contributed by atoms with Gasteiger partial charge in [-0.25, -0.2) is 4.39 Å². The first-order valence-electron chi connectivity index (χ1n) is 7.71. The fourth-order valence-electron chi connectivity index (χ4n) is 3.28. The molecule has 0 amide bonds. The van der Waals surface area contributed by atoms with Crippen molar-refractivity contribution >= 4 is 10.9 Å². The summed E-state index contributed by atoms with van der Waals surface area (Å²) in [6.07, 6.45) is 2.28. The Balaban J connectivity index is 1.61. The summed E-state index contributed by atoms with van der Waals surface area (Å²) >= 11 is 0. The van der Waals surface area contributed by atoms with Crippen LogP contribution in [0.25, 0.3) is 10.9 Å². The molecule has 1 aliphatic heterocycles. The minimum atomic E-state index is -0.212. The van der Waals surface area contributed by atoms with Crippen LogP contribution in [0.2, 0.25) is 0 Å². The molecule has 2 aromatic carbocycles. The van der Waals surface area contributed by atoms with Gasteiger partial charge < -0.3 is 0 Å². The minimum Gasteiger partial charge on any atom is -0.293 e. The van der Waals surface area contributed by atoms with E-state index in [1.165, 1.54) is 17.2 Å². The number of aromatic amines is 1. The van der Waals surface area contributed by atoms with Crippen molar-refractivity contribution in [1.29, 1.82) is 0 Å². The van der Waals surface area contributed by atoms with Gasteiger partial charge in [-0.05, 0) is 48.7 Å². The number of aromatic nitrogens is 2. The lowest BCUT2D eigenvalue weighted by molar-refractivity contribution is 0.259. The number of halogens is 1. The highest BCUT2D eigenvalue weighted by Crippen LogP contribution is 2.23. The summed E-state index contributed by atoms with van der Waals surface area (Å²) in [5, 5.41) is 8.24. The highest BCUT2D eigenvalue weighted by Gasteiger charge is 2.16. The first kappa shape index (κ1) is 13.5. The molecule has 0 saturated carbocycles. The van der Waals surface area contributed by atoms with Crippen LogP contribution in [0, 0.1) is 5.82 Å². The molecule has 1 aromatic heterocycles. The SMILES string of the molecule is Fc1ccc2n[nH]c(CN3CCCc4ccccc4C3)c2c1. The molecule has 0 aliphatic carbocycles. The Labute approximate surface area is 128 Å². The molecular weight excluding hydrogens is 277 g/mol. The second kappa shape index (κ2) is 5.54. The van der Waals surface area contributed by atoms with Crippen LogP contribution in [0.1, 0.15) is 23.2 Å². The Morgan fingerprint density at radius 1 is 1.14 bits per heavy atom. The van der Waals surface area contributed by atoms with Crippen LogP contribution in [0.4, 0.5) is 4.39 Å². The average Bonchev–Trinajstić information content (AvgIpc) is 2.79. The fraction of sp³-hybridized carbons (Fsp3) is 0.278. The summed E-state index contributed by atoms with van der Waals surface area (Å²) in [6.45, 7) is 2.75. The summed E-state index contributed by atoms with van der Waals surface area (Å²) in [7, 11) is 0. The lowest BCUT2D eigenvalue weighted by Crippen LogP contribution is -2.23. The molecule has 1 N–H and O–H groups in total. The summed E-state index contributed by atoms with van der Waals surface area (Å²) in [5.41, 5.74) is 4.67. The van der Waals surface area contributed by atoms with Gasteiger partial charge in [0.25, 0.3) is 0 Å². The number of H-pyrrole nitrogens is 1. The molecule has 4 heteroatoms. The van der Waals surface area contributed by atoms with Crippen LogP contribution in [0.5, 0.6) is 0 Å². The van der Waals surface area contributed by atoms with Gasteiger partial charge in [0.1, 0.15) is 5.82 Å². The van der Waals surface area contributed by atoms with Crippen LogP contribution in [0.15, 0.2) is 42.5 Å². The molecule has 0 atom stereocenters. The van der Waals surface area contributed by atoms with Gasteiger partial charge in [-0.1, -0.05) is 24.3 Å². The first-order valence-corrected chi connectivity index (χ1v) is 7.71. The van der Waals surface area contributed by atoms with E-state index in [0.717, 1.165) is 49.1 Å². The van der Waals surface area contributed by atoms with Gasteiger partial charge in [0.15, 0.2) is 0 Å². The van der Waals surface area contributed by atoms with Gasteiger partial charge in [0.05, 0.1) is 11.2 Å². The molecule has 22 heavy (non-hydrogen) atoms. The molecule has 0 spiro atoms. The Morgan fingerprint density at radius 2 is 2.00 bits per heavy atom. The summed E-state index contributed by atoms with van der Waals surface area (Å²) < 4.78 is 13.5. The maximum atomic E-state index is 13.5. The number of aryl methyl sites for hydroxylation is 1. The van der Waals surface area contributed by atoms with Crippen molar-refractivity contribution in [2.24, 2.45) is 0 Å². The molecule has 0 saturated heterocycles. The highest BCUT2D eigenvalue weighted by molar-refractivity contribution is 5.81. The van der Waals surface area contributed by atoms with Gasteiger partial charge in [0.2, 0.25) is 0 Å². The Morgan fingerprint density at radius 3 is 2.91 bits per heavy atom. The van der Waals surface area contributed by atoms with E-state index in [9.17, 15) is 4.39 Å². The quantitative estimate of drug-likeness (QED) is 0.782. The molecule has 1 aliphatic rings. The number of nitrogens with one attached hydrogen (secondary N) is 1. The Bertz CT molecular complexity index is 809. The number of benzene rings is 2. The molecule has 0 radical (unpaired) electrons. The van der Waals surface area contributed by atoms with E-state index in [-0.39, 0.29) is 5.82 Å². The molecular formula is C18H18FN3. The summed E-state index contributed by atoms with van der Waals surface area (Å²) in [5.74, 6) is -0.212. The summed E-state index contributed by atoms with van der Waals surface area (Å²) in [4.78, 5) is 2.41. The van der Waals surface area contributed by atoms with Gasteiger partial charge in [0, 0.05) is 18.5 Å². The van der Waals surface area contributed by atoms with E-state index in [2.05, 4.69) is 39.4 Å². The smallest absolute Gasteiger partial charge is 0.124 e. The molecule has 112 valence electrons. The Kier molecular flexibility index (Phi) is 3.39. The zero-order valence-electron chi connectivity index (χ0n) is 12.3. The molecule has 2 heterocycles. The maximum absolute atomic E-state index is 13.5. The van der Waals surface area contributed by atoms with Crippen LogP contribution >= 0.6 is 0 Å². The van der Waals surface area contributed by atoms with E-state index in [1.54, 1.807) is 12.1 Å². The number of hydrogen-bond donors (Lipinski definition) is 1. The Hall–Kier alpha value is -2.20. The third kappa shape index (κ3) is 2.50. The molecule has 4 rings (SSSR count). The molecule has 3 aromatic rings. The number of hydrogen-bond acceptors (Lipinski definition) is 2. The van der Waals surface area contributed by atoms with Crippen LogP contribution in [-0.4, -0.2) is 21.6 Å². The second-order valence-electron chi connectivity index (χ2n) is 5.95. The predicted molar refractivity (Wildman–Crippen MR) is 84.9 cm³/mol. The van der Waals surface area contributed by atoms with Gasteiger partial charge in [-0.2, -0.15) is 5.10 Å². The van der Waals surface area contributed by atoms with Crippen molar-refractivity contribution in [2.45, 2.75) is 25.9 Å². The fourth-order valence-corrected chi connectivity index (χ4v) is 3.28. The van der Waals surface area contributed by atoms with Gasteiger partial charge in [-0.15, -0.1) is 0 Å². The van der Waals surface area contributed by atoms with Crippen LogP contribution in [-0.2, 0) is 19.5 Å². The van der Waals surface area contributed by atoms with E-state index in [1.807, 2.05) is 0 Å². The zero-order valence-corrected chi connectivity index (χ0v) is 12.3. The van der Waals surface area contributed by atoms with Crippen molar-refractivity contribution in [3.05, 3.63) is 65.1 Å². The number of fused-ring (bicyclic) bond motifs is 2. The van der Waals surface area contributed by atoms with Crippen molar-refractivity contribution in [3.63, 3.8) is 0 Å². The van der Waals surface area contributed by atoms with E-state index in [4.69, 9.17) is 0 Å². The molecule has 0 fully saturated rings. The number of rotatable bonds is 2. The standard InChI is InChI=1S/C18H18FN3/c19-15-7-8-17-16(10-15)18(21-20-17)12-22-9-3-6-13-4-1-2-5-14(13)11-22/h1-2,4-5,7-8,10H,3,6,9,11-12H2,(H,20,21). The monoisotopic (exact) mass is 295 g/mol. The van der Waals surface area contributed by atoms with Gasteiger partial charge in [-0.3, -0.25) is 10.00 Å². The van der Waals surface area contributed by atoms with Crippen LogP contribution < -0.4 is 0 Å². The molecule has 3 nitrogen and oxygen atoms in total. The second-order valence-corrected chi connectivity index (χ2v) is 5.95. The van der Waals surface area contributed by atoms with Crippen molar-refractivity contribution in [3.8, 4) is 0 Å². The minimum absolute atomic E-state index is 0.212. The average molecular weight is 295 g/mol. The van der Waals surface area contributed by atoms with Crippen molar-refractivity contribution in [1.82, 2.24) is 15.1 Å². The van der Waals surface area contributed by atoms with E-state index < -0.39 is 0 Å². The van der Waals surface area contributed by atoms with E-state index >= 15 is 0 Å². The lowest BCUT2D eigenvalue weighted by atomic mass is 10.0. The van der Waals surface area contributed by atoms with Crippen LogP contribution in [0.3, 0.4) is 0 Å². The number of nitrogens with zero attached hydrogens (tertiary/aromatic N) is 2. The predicted octanol–water partition coefficient (Wildman–Crippen LogP) is 3.65. The first-order chi connectivity index (χ1) is 10.8. The van der Waals surface area contributed by atoms with Crippen molar-refractivity contribution in [2.75, 3.05) is 6.54 Å². The topological polar surface area (TPSA) is 31.9 Å². The molecule has 0 bridgehead atoms. The molecule has 0 unspecified atom stereocenters. The van der Waals surface area contributed by atoms with E-state index in [0.29, 0.717) is 0 Å². The third-order valence-electron chi connectivity index (χ3n) is 4.41. The summed E-state index contributed by atoms with van der Waals surface area (Å²) in [6, 6.07) is 13.4. The maximum Gasteiger partial charge on any atom is 0.124 e.